The first-order valence-corrected chi connectivity index (χ1v) is 6.04. The van der Waals surface area contributed by atoms with Crippen molar-refractivity contribution < 1.29 is 13.2 Å². The van der Waals surface area contributed by atoms with Crippen molar-refractivity contribution in [2.45, 2.75) is 13.3 Å². The van der Waals surface area contributed by atoms with Crippen molar-refractivity contribution in [3.63, 3.8) is 0 Å². The molecule has 0 aromatic heterocycles. The molecule has 0 N–H and O–H groups in total. The summed E-state index contributed by atoms with van der Waals surface area (Å²) in [6.07, 6.45) is 0.430. The molecule has 0 saturated carbocycles. The molecule has 0 radical (unpaired) electrons. The summed E-state index contributed by atoms with van der Waals surface area (Å²) in [5.74, 6) is -0.0370. The van der Waals surface area contributed by atoms with Crippen LogP contribution in [0.1, 0.15) is 13.3 Å². The van der Waals surface area contributed by atoms with Gasteiger partial charge in [0.2, 0.25) is 9.05 Å². The lowest BCUT2D eigenvalue weighted by atomic mass is 10.4. The van der Waals surface area contributed by atoms with Crippen molar-refractivity contribution in [3.05, 3.63) is 12.2 Å². The van der Waals surface area contributed by atoms with Crippen molar-refractivity contribution in [1.29, 1.82) is 0 Å². The van der Waals surface area contributed by atoms with Crippen LogP contribution >= 0.6 is 10.7 Å². The summed E-state index contributed by atoms with van der Waals surface area (Å²) in [7, 11) is 1.62. The standard InChI is InChI=1S/C7H13ClO3S/c1-7(2)6-11-4-3-5-12(8,9)10/h1,3-6H2,2H3. The van der Waals surface area contributed by atoms with Crippen molar-refractivity contribution in [3.8, 4) is 0 Å². The van der Waals surface area contributed by atoms with Gasteiger partial charge in [-0.25, -0.2) is 8.42 Å². The first-order valence-electron chi connectivity index (χ1n) is 3.56. The van der Waals surface area contributed by atoms with E-state index in [9.17, 15) is 8.42 Å². The molecule has 0 rings (SSSR count). The van der Waals surface area contributed by atoms with E-state index < -0.39 is 9.05 Å². The Morgan fingerprint density at radius 1 is 1.58 bits per heavy atom. The Morgan fingerprint density at radius 2 is 2.17 bits per heavy atom. The highest BCUT2D eigenvalue weighted by Gasteiger charge is 2.03. The lowest BCUT2D eigenvalue weighted by Gasteiger charge is -2.01. The van der Waals surface area contributed by atoms with Gasteiger partial charge in [-0.1, -0.05) is 12.2 Å². The van der Waals surface area contributed by atoms with Gasteiger partial charge in [-0.3, -0.25) is 0 Å². The summed E-state index contributed by atoms with van der Waals surface area (Å²) in [6.45, 7) is 6.35. The second-order valence-electron chi connectivity index (χ2n) is 2.61. The number of ether oxygens (including phenoxy) is 1. The van der Waals surface area contributed by atoms with Crippen LogP contribution in [0.5, 0.6) is 0 Å². The third kappa shape index (κ3) is 9.94. The molecule has 0 aromatic rings. The Balaban J connectivity index is 3.29. The fourth-order valence-corrected chi connectivity index (χ4v) is 1.37. The van der Waals surface area contributed by atoms with Gasteiger partial charge in [0.25, 0.3) is 0 Å². The van der Waals surface area contributed by atoms with E-state index in [-0.39, 0.29) is 5.75 Å². The van der Waals surface area contributed by atoms with Crippen LogP contribution in [-0.4, -0.2) is 27.4 Å². The zero-order valence-corrected chi connectivity index (χ0v) is 8.62. The molecule has 0 saturated heterocycles. The van der Waals surface area contributed by atoms with Crippen LogP contribution in [0.2, 0.25) is 0 Å². The fourth-order valence-electron chi connectivity index (χ4n) is 0.580. The number of hydrogen-bond acceptors (Lipinski definition) is 3. The zero-order valence-electron chi connectivity index (χ0n) is 7.05. The molecule has 0 aliphatic heterocycles. The quantitative estimate of drug-likeness (QED) is 0.381. The minimum atomic E-state index is -3.36. The smallest absolute Gasteiger partial charge is 0.232 e. The Hall–Kier alpha value is -0.0600. The number of hydrogen-bond donors (Lipinski definition) is 0. The minimum Gasteiger partial charge on any atom is -0.377 e. The first kappa shape index (κ1) is 11.9. The minimum absolute atomic E-state index is 0.0370. The Morgan fingerprint density at radius 3 is 2.58 bits per heavy atom. The molecule has 3 nitrogen and oxygen atoms in total. The third-order valence-corrected chi connectivity index (χ3v) is 2.26. The van der Waals surface area contributed by atoms with E-state index in [2.05, 4.69) is 6.58 Å². The summed E-state index contributed by atoms with van der Waals surface area (Å²) in [6, 6.07) is 0. The molecule has 0 aromatic carbocycles. The summed E-state index contributed by atoms with van der Waals surface area (Å²) in [4.78, 5) is 0. The maximum atomic E-state index is 10.4. The molecule has 0 amide bonds. The maximum Gasteiger partial charge on any atom is 0.232 e. The molecule has 0 bridgehead atoms. The predicted octanol–water partition coefficient (Wildman–Crippen LogP) is 1.54. The molecule has 12 heavy (non-hydrogen) atoms. The van der Waals surface area contributed by atoms with Crippen LogP contribution in [-0.2, 0) is 13.8 Å². The summed E-state index contributed by atoms with van der Waals surface area (Å²) in [5.41, 5.74) is 0.920. The molecule has 0 heterocycles. The number of rotatable bonds is 6. The highest BCUT2D eigenvalue weighted by Crippen LogP contribution is 1.99. The molecule has 0 unspecified atom stereocenters. The molecule has 0 aliphatic carbocycles. The van der Waals surface area contributed by atoms with Gasteiger partial charge in [0.1, 0.15) is 0 Å². The van der Waals surface area contributed by atoms with E-state index in [4.69, 9.17) is 15.4 Å². The highest BCUT2D eigenvalue weighted by molar-refractivity contribution is 8.13. The zero-order chi connectivity index (χ0) is 9.61. The van der Waals surface area contributed by atoms with E-state index in [1.807, 2.05) is 6.92 Å². The van der Waals surface area contributed by atoms with Gasteiger partial charge in [-0.2, -0.15) is 0 Å². The molecular formula is C7H13ClO3S. The normalized spacial score (nSPS) is 11.5. The Labute approximate surface area is 77.8 Å². The molecule has 72 valence electrons. The van der Waals surface area contributed by atoms with Crippen LogP contribution in [0.15, 0.2) is 12.2 Å². The van der Waals surface area contributed by atoms with Crippen LogP contribution in [0.4, 0.5) is 0 Å². The van der Waals surface area contributed by atoms with Crippen molar-refractivity contribution in [2.75, 3.05) is 19.0 Å². The van der Waals surface area contributed by atoms with Crippen molar-refractivity contribution in [2.24, 2.45) is 0 Å². The van der Waals surface area contributed by atoms with E-state index in [0.29, 0.717) is 19.6 Å². The second kappa shape index (κ2) is 5.56. The van der Waals surface area contributed by atoms with Gasteiger partial charge in [-0.15, -0.1) is 0 Å². The highest BCUT2D eigenvalue weighted by atomic mass is 35.7. The number of halogens is 1. The summed E-state index contributed by atoms with van der Waals surface area (Å²) < 4.78 is 25.9. The monoisotopic (exact) mass is 212 g/mol. The SMILES string of the molecule is C=C(C)COCCCS(=O)(=O)Cl. The average Bonchev–Trinajstić information content (AvgIpc) is 1.83. The van der Waals surface area contributed by atoms with Gasteiger partial charge in [-0.05, 0) is 13.3 Å². The van der Waals surface area contributed by atoms with E-state index in [1.54, 1.807) is 0 Å². The Bertz CT molecular complexity index is 233. The molecule has 0 atom stereocenters. The van der Waals surface area contributed by atoms with E-state index in [1.165, 1.54) is 0 Å². The summed E-state index contributed by atoms with van der Waals surface area (Å²) >= 11 is 0. The molecule has 0 spiro atoms. The second-order valence-corrected chi connectivity index (χ2v) is 5.50. The largest absolute Gasteiger partial charge is 0.377 e. The van der Waals surface area contributed by atoms with Gasteiger partial charge < -0.3 is 4.74 Å². The lowest BCUT2D eigenvalue weighted by molar-refractivity contribution is 0.157. The predicted molar refractivity (Wildman–Crippen MR) is 49.9 cm³/mol. The first-order chi connectivity index (χ1) is 5.42. The Kier molecular flexibility index (Phi) is 5.53. The summed E-state index contributed by atoms with van der Waals surface area (Å²) in [5, 5.41) is 0. The van der Waals surface area contributed by atoms with E-state index in [0.717, 1.165) is 5.57 Å². The van der Waals surface area contributed by atoms with Gasteiger partial charge in [0, 0.05) is 17.3 Å². The third-order valence-electron chi connectivity index (χ3n) is 1.03. The van der Waals surface area contributed by atoms with Crippen LogP contribution in [0.3, 0.4) is 0 Å². The van der Waals surface area contributed by atoms with Crippen molar-refractivity contribution >= 4 is 19.7 Å². The van der Waals surface area contributed by atoms with Crippen LogP contribution in [0, 0.1) is 0 Å². The average molecular weight is 213 g/mol. The van der Waals surface area contributed by atoms with Gasteiger partial charge >= 0.3 is 0 Å². The maximum absolute atomic E-state index is 10.4. The molecule has 0 fully saturated rings. The fraction of sp³-hybridized carbons (Fsp3) is 0.714. The van der Waals surface area contributed by atoms with E-state index >= 15 is 0 Å². The van der Waals surface area contributed by atoms with Crippen LogP contribution < -0.4 is 0 Å². The topological polar surface area (TPSA) is 43.4 Å². The van der Waals surface area contributed by atoms with Gasteiger partial charge in [0.05, 0.1) is 12.4 Å². The molecule has 5 heteroatoms. The molecule has 0 aliphatic rings. The lowest BCUT2D eigenvalue weighted by Crippen LogP contribution is -2.03. The van der Waals surface area contributed by atoms with Crippen molar-refractivity contribution in [1.82, 2.24) is 0 Å². The van der Waals surface area contributed by atoms with Gasteiger partial charge in [0.15, 0.2) is 0 Å². The van der Waals surface area contributed by atoms with Crippen LogP contribution in [0.25, 0.3) is 0 Å². The molecular weight excluding hydrogens is 200 g/mol.